The number of alkyl halides is 3. The maximum atomic E-state index is 13.2. The number of carboxylic acid groups (broad SMARTS) is 1. The zero-order chi connectivity index (χ0) is 26.1. The molecule has 2 aromatic heterocycles. The van der Waals surface area contributed by atoms with Crippen molar-refractivity contribution in [3.05, 3.63) is 54.5 Å². The number of anilines is 1. The molecule has 1 aromatic carbocycles. The molecule has 0 aliphatic carbocycles. The SMILES string of the molecule is CC(C)Cn1cnc2c1C1(CCN(c3ncc(F)cn3)CC1)Oc1ccccc1-2.O=C(O)C(F)(F)F. The fourth-order valence-corrected chi connectivity index (χ4v) is 4.47. The van der Waals surface area contributed by atoms with Crippen LogP contribution in [0.15, 0.2) is 43.0 Å². The molecule has 12 heteroatoms. The van der Waals surface area contributed by atoms with Crippen LogP contribution in [-0.4, -0.2) is 49.9 Å². The van der Waals surface area contributed by atoms with Gasteiger partial charge in [-0.05, 0) is 18.1 Å². The molecule has 1 spiro atoms. The van der Waals surface area contributed by atoms with Crippen molar-refractivity contribution in [1.82, 2.24) is 19.5 Å². The Morgan fingerprint density at radius 1 is 1.14 bits per heavy atom. The number of aromatic nitrogens is 4. The van der Waals surface area contributed by atoms with Crippen LogP contribution in [0.1, 0.15) is 32.4 Å². The van der Waals surface area contributed by atoms with Gasteiger partial charge in [-0.1, -0.05) is 26.0 Å². The van der Waals surface area contributed by atoms with Crippen molar-refractivity contribution >= 4 is 11.9 Å². The van der Waals surface area contributed by atoms with Crippen molar-refractivity contribution in [1.29, 1.82) is 0 Å². The fraction of sp³-hybridized carbons (Fsp3) is 0.417. The third-order valence-corrected chi connectivity index (χ3v) is 5.98. The van der Waals surface area contributed by atoms with Crippen molar-refractivity contribution in [2.45, 2.75) is 45.0 Å². The number of aliphatic carboxylic acids is 1. The van der Waals surface area contributed by atoms with E-state index in [1.165, 1.54) is 18.1 Å². The van der Waals surface area contributed by atoms with Crippen molar-refractivity contribution in [2.24, 2.45) is 5.92 Å². The van der Waals surface area contributed by atoms with E-state index in [-0.39, 0.29) is 0 Å². The van der Waals surface area contributed by atoms with Crippen LogP contribution in [-0.2, 0) is 16.9 Å². The highest BCUT2D eigenvalue weighted by Gasteiger charge is 2.47. The number of carbonyl (C=O) groups is 1. The van der Waals surface area contributed by atoms with Crippen LogP contribution in [0.3, 0.4) is 0 Å². The highest BCUT2D eigenvalue weighted by molar-refractivity contribution is 5.73. The monoisotopic (exact) mass is 507 g/mol. The number of rotatable bonds is 3. The minimum Gasteiger partial charge on any atom is -0.480 e. The highest BCUT2D eigenvalue weighted by atomic mass is 19.4. The van der Waals surface area contributed by atoms with Gasteiger partial charge >= 0.3 is 12.1 Å². The summed E-state index contributed by atoms with van der Waals surface area (Å²) in [6.07, 6.45) is 0.886. The Bertz CT molecular complexity index is 1220. The van der Waals surface area contributed by atoms with E-state index in [0.717, 1.165) is 49.5 Å². The number of piperidine rings is 1. The van der Waals surface area contributed by atoms with E-state index < -0.39 is 23.6 Å². The molecule has 36 heavy (non-hydrogen) atoms. The summed E-state index contributed by atoms with van der Waals surface area (Å²) in [5, 5.41) is 7.12. The number of para-hydroxylation sites is 1. The van der Waals surface area contributed by atoms with Crippen LogP contribution < -0.4 is 9.64 Å². The molecular weight excluding hydrogens is 482 g/mol. The molecule has 3 aromatic rings. The van der Waals surface area contributed by atoms with Gasteiger partial charge < -0.3 is 19.3 Å². The summed E-state index contributed by atoms with van der Waals surface area (Å²) in [6.45, 7) is 6.80. The molecule has 0 unspecified atom stereocenters. The molecule has 2 aliphatic rings. The predicted octanol–water partition coefficient (Wildman–Crippen LogP) is 4.66. The first-order chi connectivity index (χ1) is 17.0. The van der Waals surface area contributed by atoms with Crippen molar-refractivity contribution < 1.29 is 32.2 Å². The zero-order valence-electron chi connectivity index (χ0n) is 19.7. The molecule has 0 radical (unpaired) electrons. The average molecular weight is 507 g/mol. The number of hydrogen-bond acceptors (Lipinski definition) is 6. The van der Waals surface area contributed by atoms with Crippen LogP contribution in [0.4, 0.5) is 23.5 Å². The highest BCUT2D eigenvalue weighted by Crippen LogP contribution is 2.49. The molecule has 4 heterocycles. The Labute approximate surface area is 204 Å². The van der Waals surface area contributed by atoms with Gasteiger partial charge in [-0.25, -0.2) is 24.1 Å². The van der Waals surface area contributed by atoms with Crippen LogP contribution in [0, 0.1) is 11.7 Å². The number of ether oxygens (including phenoxy) is 1. The van der Waals surface area contributed by atoms with E-state index in [0.29, 0.717) is 11.9 Å². The summed E-state index contributed by atoms with van der Waals surface area (Å²) in [5.74, 6) is -1.21. The summed E-state index contributed by atoms with van der Waals surface area (Å²) in [6, 6.07) is 8.14. The Kier molecular flexibility index (Phi) is 6.87. The summed E-state index contributed by atoms with van der Waals surface area (Å²) in [7, 11) is 0. The summed E-state index contributed by atoms with van der Waals surface area (Å²) in [4.78, 5) is 24.1. The summed E-state index contributed by atoms with van der Waals surface area (Å²) in [5.41, 5.74) is 2.83. The molecule has 5 rings (SSSR count). The van der Waals surface area contributed by atoms with Crippen molar-refractivity contribution in [3.8, 4) is 17.0 Å². The molecule has 192 valence electrons. The minimum atomic E-state index is -5.08. The van der Waals surface area contributed by atoms with Gasteiger partial charge in [0, 0.05) is 38.0 Å². The lowest BCUT2D eigenvalue weighted by Crippen LogP contribution is -2.49. The third kappa shape index (κ3) is 5.12. The topological polar surface area (TPSA) is 93.4 Å². The molecule has 1 N–H and O–H groups in total. The number of nitrogens with zero attached hydrogens (tertiary/aromatic N) is 5. The van der Waals surface area contributed by atoms with E-state index in [4.69, 9.17) is 19.6 Å². The average Bonchev–Trinajstić information content (AvgIpc) is 3.24. The van der Waals surface area contributed by atoms with Gasteiger partial charge in [-0.2, -0.15) is 13.2 Å². The first-order valence-corrected chi connectivity index (χ1v) is 11.4. The quantitative estimate of drug-likeness (QED) is 0.516. The van der Waals surface area contributed by atoms with Gasteiger partial charge in [-0.3, -0.25) is 0 Å². The Balaban J connectivity index is 0.000000384. The van der Waals surface area contributed by atoms with E-state index in [1.807, 2.05) is 24.5 Å². The number of fused-ring (bicyclic) bond motifs is 4. The predicted molar refractivity (Wildman–Crippen MR) is 122 cm³/mol. The summed E-state index contributed by atoms with van der Waals surface area (Å²) < 4.78 is 53.9. The molecule has 0 saturated carbocycles. The van der Waals surface area contributed by atoms with Gasteiger partial charge in [0.05, 0.1) is 30.1 Å². The normalized spacial score (nSPS) is 16.0. The van der Waals surface area contributed by atoms with Gasteiger partial charge in [-0.15, -0.1) is 0 Å². The van der Waals surface area contributed by atoms with Gasteiger partial charge in [0.15, 0.2) is 11.4 Å². The molecule has 0 bridgehead atoms. The lowest BCUT2D eigenvalue weighted by Gasteiger charge is -2.44. The molecule has 1 fully saturated rings. The second kappa shape index (κ2) is 9.75. The van der Waals surface area contributed by atoms with Gasteiger partial charge in [0.2, 0.25) is 5.95 Å². The van der Waals surface area contributed by atoms with E-state index in [1.54, 1.807) is 0 Å². The molecule has 0 atom stereocenters. The van der Waals surface area contributed by atoms with Crippen LogP contribution in [0.25, 0.3) is 11.3 Å². The van der Waals surface area contributed by atoms with Crippen LogP contribution in [0.5, 0.6) is 5.75 Å². The standard InChI is InChI=1S/C22H24FN5O.C2HF3O2/c1-15(2)13-28-14-26-19-17-5-3-4-6-18(17)29-22(20(19)28)7-9-27(10-8-22)21-24-11-16(23)12-25-21;3-2(4,5)1(6)7/h3-6,11-12,14-15H,7-10,13H2,1-2H3;(H,6,7). The number of benzene rings is 1. The lowest BCUT2D eigenvalue weighted by molar-refractivity contribution is -0.192. The smallest absolute Gasteiger partial charge is 0.480 e. The van der Waals surface area contributed by atoms with Crippen LogP contribution >= 0.6 is 0 Å². The molecular formula is C24H25F4N5O3. The lowest BCUT2D eigenvalue weighted by atomic mass is 9.83. The number of hydrogen-bond donors (Lipinski definition) is 1. The molecule has 0 amide bonds. The number of halogens is 4. The fourth-order valence-electron chi connectivity index (χ4n) is 4.47. The zero-order valence-corrected chi connectivity index (χ0v) is 19.7. The maximum absolute atomic E-state index is 13.2. The Morgan fingerprint density at radius 2 is 1.75 bits per heavy atom. The largest absolute Gasteiger partial charge is 0.490 e. The maximum Gasteiger partial charge on any atom is 0.490 e. The van der Waals surface area contributed by atoms with Crippen molar-refractivity contribution in [2.75, 3.05) is 18.0 Å². The van der Waals surface area contributed by atoms with E-state index >= 15 is 0 Å². The number of carboxylic acids is 1. The van der Waals surface area contributed by atoms with E-state index in [9.17, 15) is 17.6 Å². The first kappa shape index (κ1) is 25.4. The Hall–Kier alpha value is -3.70. The molecule has 8 nitrogen and oxygen atoms in total. The second-order valence-corrected chi connectivity index (χ2v) is 9.07. The first-order valence-electron chi connectivity index (χ1n) is 11.4. The number of imidazole rings is 1. The van der Waals surface area contributed by atoms with Gasteiger partial charge in [0.1, 0.15) is 5.75 Å². The van der Waals surface area contributed by atoms with Crippen molar-refractivity contribution in [3.63, 3.8) is 0 Å². The molecule has 1 saturated heterocycles. The summed E-state index contributed by atoms with van der Waals surface area (Å²) >= 11 is 0. The molecule has 2 aliphatic heterocycles. The second-order valence-electron chi connectivity index (χ2n) is 9.07. The third-order valence-electron chi connectivity index (χ3n) is 5.98. The minimum absolute atomic E-state index is 0.420. The Morgan fingerprint density at radius 3 is 2.33 bits per heavy atom. The van der Waals surface area contributed by atoms with Crippen LogP contribution in [0.2, 0.25) is 0 Å². The van der Waals surface area contributed by atoms with E-state index in [2.05, 4.69) is 39.3 Å². The van der Waals surface area contributed by atoms with Gasteiger partial charge in [0.25, 0.3) is 0 Å².